The van der Waals surface area contributed by atoms with Crippen molar-refractivity contribution in [2.24, 2.45) is 5.92 Å². The molecule has 0 aromatic heterocycles. The van der Waals surface area contributed by atoms with E-state index in [1.807, 2.05) is 6.07 Å². The Kier molecular flexibility index (Phi) is 10.3. The van der Waals surface area contributed by atoms with Crippen LogP contribution in [0.4, 0.5) is 0 Å². The van der Waals surface area contributed by atoms with Gasteiger partial charge in [-0.3, -0.25) is 19.6 Å². The lowest BCUT2D eigenvalue weighted by atomic mass is 9.84. The van der Waals surface area contributed by atoms with Gasteiger partial charge >= 0.3 is 5.97 Å². The highest BCUT2D eigenvalue weighted by Gasteiger charge is 2.28. The van der Waals surface area contributed by atoms with E-state index in [0.29, 0.717) is 25.1 Å². The fraction of sp³-hybridized carbons (Fsp3) is 0.591. The van der Waals surface area contributed by atoms with Crippen LogP contribution >= 0.6 is 0 Å². The summed E-state index contributed by atoms with van der Waals surface area (Å²) in [6, 6.07) is 6.65. The Balaban J connectivity index is 1.78. The molecule has 0 heterocycles. The van der Waals surface area contributed by atoms with Gasteiger partial charge in [0.05, 0.1) is 0 Å². The number of amides is 2. The Morgan fingerprint density at radius 2 is 1.83 bits per heavy atom. The van der Waals surface area contributed by atoms with Gasteiger partial charge in [0.1, 0.15) is 6.04 Å². The smallest absolute Gasteiger partial charge is 0.320 e. The van der Waals surface area contributed by atoms with E-state index in [4.69, 9.17) is 5.21 Å². The monoisotopic (exact) mass is 419 g/mol. The molecule has 30 heavy (non-hydrogen) atoms. The minimum atomic E-state index is -0.813. The number of hydroxylamine groups is 1. The van der Waals surface area contributed by atoms with Gasteiger partial charge < -0.3 is 15.7 Å². The molecule has 0 saturated heterocycles. The van der Waals surface area contributed by atoms with E-state index in [2.05, 4.69) is 10.6 Å². The third-order valence-electron chi connectivity index (χ3n) is 5.59. The largest absolute Gasteiger partial charge is 0.480 e. The Morgan fingerprint density at radius 3 is 2.53 bits per heavy atom. The van der Waals surface area contributed by atoms with Gasteiger partial charge in [0, 0.05) is 25.1 Å². The highest BCUT2D eigenvalue weighted by Crippen LogP contribution is 2.26. The van der Waals surface area contributed by atoms with Crippen LogP contribution in [-0.4, -0.2) is 40.7 Å². The summed E-state index contributed by atoms with van der Waals surface area (Å²) in [7, 11) is 0. The molecule has 1 aromatic rings. The Labute approximate surface area is 177 Å². The molecular weight excluding hydrogens is 386 g/mol. The lowest BCUT2D eigenvalue weighted by molar-refractivity contribution is -0.141. The summed E-state index contributed by atoms with van der Waals surface area (Å²) in [5, 5.41) is 24.0. The van der Waals surface area contributed by atoms with Crippen LogP contribution in [-0.2, 0) is 16.1 Å². The molecule has 1 fully saturated rings. The van der Waals surface area contributed by atoms with Gasteiger partial charge in [-0.15, -0.1) is 0 Å². The number of nitrogens with one attached hydrogen (secondary N) is 3. The van der Waals surface area contributed by atoms with Crippen molar-refractivity contribution in [3.63, 3.8) is 0 Å². The number of hydrogen-bond acceptors (Lipinski definition) is 5. The van der Waals surface area contributed by atoms with Gasteiger partial charge in [-0.2, -0.15) is 0 Å². The Hall–Kier alpha value is -2.45. The van der Waals surface area contributed by atoms with E-state index in [0.717, 1.165) is 44.1 Å². The number of unbranched alkanes of at least 4 members (excludes halogenated alkanes) is 2. The van der Waals surface area contributed by atoms with E-state index in [1.54, 1.807) is 23.7 Å². The first-order chi connectivity index (χ1) is 14.5. The molecule has 1 aliphatic rings. The van der Waals surface area contributed by atoms with Crippen LogP contribution in [0.3, 0.4) is 0 Å². The highest BCUT2D eigenvalue weighted by atomic mass is 16.5. The van der Waals surface area contributed by atoms with Gasteiger partial charge in [0.15, 0.2) is 0 Å². The van der Waals surface area contributed by atoms with Crippen molar-refractivity contribution in [1.29, 1.82) is 0 Å². The number of carbonyl (C=O) groups is 3. The second-order valence-electron chi connectivity index (χ2n) is 7.90. The molecule has 1 saturated carbocycles. The van der Waals surface area contributed by atoms with Crippen LogP contribution in [0.1, 0.15) is 73.7 Å². The van der Waals surface area contributed by atoms with E-state index >= 15 is 0 Å². The third kappa shape index (κ3) is 8.12. The van der Waals surface area contributed by atoms with Crippen LogP contribution in [0, 0.1) is 5.92 Å². The molecule has 0 unspecified atom stereocenters. The lowest BCUT2D eigenvalue weighted by Gasteiger charge is -2.28. The summed E-state index contributed by atoms with van der Waals surface area (Å²) in [5.41, 5.74) is 3.01. The van der Waals surface area contributed by atoms with Gasteiger partial charge in [-0.05, 0) is 49.3 Å². The van der Waals surface area contributed by atoms with Crippen molar-refractivity contribution in [2.75, 3.05) is 6.54 Å². The number of carbonyl (C=O) groups excluding carboxylic acids is 2. The van der Waals surface area contributed by atoms with Crippen LogP contribution in [0.5, 0.6) is 0 Å². The highest BCUT2D eigenvalue weighted by molar-refractivity contribution is 5.94. The molecule has 166 valence electrons. The minimum Gasteiger partial charge on any atom is -0.480 e. The van der Waals surface area contributed by atoms with Gasteiger partial charge in [0.2, 0.25) is 5.91 Å². The molecule has 1 aromatic carbocycles. The number of carboxylic acid groups (broad SMARTS) is 1. The topological polar surface area (TPSA) is 128 Å². The number of benzene rings is 1. The molecule has 2 rings (SSSR count). The van der Waals surface area contributed by atoms with E-state index < -0.39 is 17.9 Å². The van der Waals surface area contributed by atoms with Crippen molar-refractivity contribution >= 4 is 17.8 Å². The molecule has 0 spiro atoms. The molecule has 1 aliphatic carbocycles. The predicted octanol–water partition coefficient (Wildman–Crippen LogP) is 2.61. The normalized spacial score (nSPS) is 15.4. The SMILES string of the molecule is O=C(CCCCCNC(=O)c1cccc(CN[C@H](C(=O)O)C2CCCCC2)c1)NO. The zero-order valence-electron chi connectivity index (χ0n) is 17.4. The average Bonchev–Trinajstić information content (AvgIpc) is 2.76. The number of hydrogen-bond donors (Lipinski definition) is 5. The number of carboxylic acids is 1. The molecular formula is C22H33N3O5. The molecule has 1 atom stereocenters. The van der Waals surface area contributed by atoms with Crippen LogP contribution in [0.25, 0.3) is 0 Å². The van der Waals surface area contributed by atoms with Gasteiger partial charge in [-0.25, -0.2) is 5.48 Å². The van der Waals surface area contributed by atoms with Crippen LogP contribution in [0.15, 0.2) is 24.3 Å². The Bertz CT molecular complexity index is 704. The maximum atomic E-state index is 12.4. The summed E-state index contributed by atoms with van der Waals surface area (Å²) in [5.74, 6) is -1.23. The first-order valence-electron chi connectivity index (χ1n) is 10.8. The molecule has 0 bridgehead atoms. The fourth-order valence-electron chi connectivity index (χ4n) is 3.92. The molecule has 2 amide bonds. The van der Waals surface area contributed by atoms with Crippen molar-refractivity contribution in [3.8, 4) is 0 Å². The maximum Gasteiger partial charge on any atom is 0.320 e. The fourth-order valence-corrected chi connectivity index (χ4v) is 3.92. The van der Waals surface area contributed by atoms with E-state index in [1.165, 1.54) is 6.42 Å². The second kappa shape index (κ2) is 13.0. The molecule has 5 N–H and O–H groups in total. The first kappa shape index (κ1) is 23.8. The second-order valence-corrected chi connectivity index (χ2v) is 7.90. The summed E-state index contributed by atoms with van der Waals surface area (Å²) in [6.07, 6.45) is 7.66. The zero-order chi connectivity index (χ0) is 21.8. The van der Waals surface area contributed by atoms with E-state index in [-0.39, 0.29) is 18.2 Å². The first-order valence-corrected chi connectivity index (χ1v) is 10.8. The third-order valence-corrected chi connectivity index (χ3v) is 5.59. The van der Waals surface area contributed by atoms with Gasteiger partial charge in [0.25, 0.3) is 5.91 Å². The standard InChI is InChI=1S/C22H33N3O5/c26-19(25-30)12-5-2-6-13-23-21(27)18-11-7-8-16(14-18)15-24-20(22(28)29)17-9-3-1-4-10-17/h7-8,11,14,17,20,24,30H,1-6,9-10,12-13,15H2,(H,23,27)(H,25,26)(H,28,29)/t20-/m0/s1. The minimum absolute atomic E-state index is 0.159. The summed E-state index contributed by atoms with van der Waals surface area (Å²) in [6.45, 7) is 0.909. The average molecular weight is 420 g/mol. The quantitative estimate of drug-likeness (QED) is 0.201. The summed E-state index contributed by atoms with van der Waals surface area (Å²) in [4.78, 5) is 35.0. The van der Waals surface area contributed by atoms with E-state index in [9.17, 15) is 19.5 Å². The number of rotatable bonds is 12. The van der Waals surface area contributed by atoms with Crippen molar-refractivity contribution in [1.82, 2.24) is 16.1 Å². The Morgan fingerprint density at radius 1 is 1.07 bits per heavy atom. The maximum absolute atomic E-state index is 12.4. The van der Waals surface area contributed by atoms with Crippen molar-refractivity contribution < 1.29 is 24.7 Å². The van der Waals surface area contributed by atoms with Crippen LogP contribution < -0.4 is 16.1 Å². The molecule has 8 heteroatoms. The lowest BCUT2D eigenvalue weighted by Crippen LogP contribution is -2.43. The zero-order valence-corrected chi connectivity index (χ0v) is 17.4. The molecule has 0 radical (unpaired) electrons. The van der Waals surface area contributed by atoms with Crippen molar-refractivity contribution in [2.45, 2.75) is 70.4 Å². The molecule has 0 aliphatic heterocycles. The summed E-state index contributed by atoms with van der Waals surface area (Å²) >= 11 is 0. The molecule has 8 nitrogen and oxygen atoms in total. The van der Waals surface area contributed by atoms with Crippen molar-refractivity contribution in [3.05, 3.63) is 35.4 Å². The van der Waals surface area contributed by atoms with Crippen LogP contribution in [0.2, 0.25) is 0 Å². The van der Waals surface area contributed by atoms with Gasteiger partial charge in [-0.1, -0.05) is 37.8 Å². The summed E-state index contributed by atoms with van der Waals surface area (Å²) < 4.78 is 0. The predicted molar refractivity (Wildman–Crippen MR) is 112 cm³/mol. The number of aliphatic carboxylic acids is 1.